The number of hydrogen-bond donors (Lipinski definition) is 1. The van der Waals surface area contributed by atoms with E-state index < -0.39 is 0 Å². The molecule has 0 aliphatic rings. The molecule has 1 aromatic carbocycles. The van der Waals surface area contributed by atoms with Gasteiger partial charge in [0, 0.05) is 23.0 Å². The average Bonchev–Trinajstić information content (AvgIpc) is 2.35. The molecule has 0 aliphatic carbocycles. The van der Waals surface area contributed by atoms with E-state index in [0.717, 1.165) is 19.7 Å². The Morgan fingerprint density at radius 3 is 2.82 bits per heavy atom. The molecule has 0 aliphatic heterocycles. The molecule has 0 amide bonds. The first-order chi connectivity index (χ1) is 8.34. The van der Waals surface area contributed by atoms with Crippen molar-refractivity contribution < 1.29 is 4.74 Å². The smallest absolute Gasteiger partial charge is 0.0587 e. The Balaban J connectivity index is 1.99. The first-order valence-corrected chi connectivity index (χ1v) is 7.69. The summed E-state index contributed by atoms with van der Waals surface area (Å²) in [6.45, 7) is 2.83. The van der Waals surface area contributed by atoms with Crippen LogP contribution in [0.2, 0.25) is 0 Å². The van der Waals surface area contributed by atoms with E-state index in [2.05, 4.69) is 39.4 Å². The van der Waals surface area contributed by atoms with E-state index in [4.69, 9.17) is 4.74 Å². The summed E-state index contributed by atoms with van der Waals surface area (Å²) < 4.78 is 6.17. The molecule has 0 saturated carbocycles. The van der Waals surface area contributed by atoms with Gasteiger partial charge in [-0.1, -0.05) is 12.1 Å². The summed E-state index contributed by atoms with van der Waals surface area (Å²) in [5.41, 5.74) is 0. The highest BCUT2D eigenvalue weighted by molar-refractivity contribution is 9.10. The third-order valence-corrected chi connectivity index (χ3v) is 4.44. The minimum atomic E-state index is 0.797. The van der Waals surface area contributed by atoms with Crippen LogP contribution in [0.1, 0.15) is 12.8 Å². The predicted octanol–water partition coefficient (Wildman–Crippen LogP) is 3.56. The number of ether oxygens (including phenoxy) is 1. The van der Waals surface area contributed by atoms with Crippen molar-refractivity contribution in [1.82, 2.24) is 5.32 Å². The number of hydrogen-bond acceptors (Lipinski definition) is 3. The zero-order chi connectivity index (χ0) is 12.3. The van der Waals surface area contributed by atoms with E-state index in [1.807, 2.05) is 17.8 Å². The molecule has 1 aromatic rings. The normalized spacial score (nSPS) is 10.7. The zero-order valence-electron chi connectivity index (χ0n) is 10.2. The summed E-state index contributed by atoms with van der Waals surface area (Å²) in [5.74, 6) is 1.18. The number of benzene rings is 1. The van der Waals surface area contributed by atoms with E-state index in [-0.39, 0.29) is 0 Å². The standard InChI is InChI=1S/C13H20BrNOS/c1-16-10-9-15-8-4-5-11-17-13-7-3-2-6-12(13)14/h2-3,6-7,15H,4-5,8-11H2,1H3. The number of nitrogens with one attached hydrogen (secondary N) is 1. The van der Waals surface area contributed by atoms with Crippen molar-refractivity contribution in [1.29, 1.82) is 0 Å². The first kappa shape index (κ1) is 15.0. The van der Waals surface area contributed by atoms with E-state index in [1.165, 1.54) is 28.0 Å². The Labute approximate surface area is 117 Å². The van der Waals surface area contributed by atoms with Crippen LogP contribution in [0.3, 0.4) is 0 Å². The molecule has 1 rings (SSSR count). The second-order valence-corrected chi connectivity index (χ2v) is 5.72. The van der Waals surface area contributed by atoms with Gasteiger partial charge in [-0.25, -0.2) is 0 Å². The molecule has 2 nitrogen and oxygen atoms in total. The summed E-state index contributed by atoms with van der Waals surface area (Å²) in [7, 11) is 1.73. The first-order valence-electron chi connectivity index (χ1n) is 5.91. The maximum atomic E-state index is 4.97. The van der Waals surface area contributed by atoms with E-state index in [1.54, 1.807) is 7.11 Å². The van der Waals surface area contributed by atoms with Crippen LogP contribution < -0.4 is 5.32 Å². The maximum Gasteiger partial charge on any atom is 0.0587 e. The van der Waals surface area contributed by atoms with Crippen molar-refractivity contribution in [3.05, 3.63) is 28.7 Å². The summed E-state index contributed by atoms with van der Waals surface area (Å²) in [5, 5.41) is 3.35. The Hall–Kier alpha value is -0.0300. The summed E-state index contributed by atoms with van der Waals surface area (Å²) >= 11 is 5.48. The molecular formula is C13H20BrNOS. The number of methoxy groups -OCH3 is 1. The lowest BCUT2D eigenvalue weighted by Crippen LogP contribution is -2.20. The molecule has 96 valence electrons. The molecule has 0 saturated heterocycles. The minimum absolute atomic E-state index is 0.797. The van der Waals surface area contributed by atoms with E-state index >= 15 is 0 Å². The lowest BCUT2D eigenvalue weighted by atomic mass is 10.3. The van der Waals surface area contributed by atoms with Gasteiger partial charge in [-0.15, -0.1) is 11.8 Å². The fourth-order valence-electron chi connectivity index (χ4n) is 1.40. The molecule has 0 aromatic heterocycles. The number of halogens is 1. The Morgan fingerprint density at radius 1 is 1.24 bits per heavy atom. The quantitative estimate of drug-likeness (QED) is 0.556. The van der Waals surface area contributed by atoms with Gasteiger partial charge in [0.25, 0.3) is 0 Å². The van der Waals surface area contributed by atoms with Crippen LogP contribution in [0.4, 0.5) is 0 Å². The second-order valence-electron chi connectivity index (χ2n) is 3.73. The van der Waals surface area contributed by atoms with Crippen LogP contribution in [0.15, 0.2) is 33.6 Å². The Morgan fingerprint density at radius 2 is 2.06 bits per heavy atom. The molecule has 17 heavy (non-hydrogen) atoms. The molecule has 0 fully saturated rings. The minimum Gasteiger partial charge on any atom is -0.383 e. The zero-order valence-corrected chi connectivity index (χ0v) is 12.6. The lowest BCUT2D eigenvalue weighted by Gasteiger charge is -2.05. The molecule has 4 heteroatoms. The lowest BCUT2D eigenvalue weighted by molar-refractivity contribution is 0.199. The number of rotatable bonds is 9. The van der Waals surface area contributed by atoms with Gasteiger partial charge in [0.05, 0.1) is 6.61 Å². The van der Waals surface area contributed by atoms with Gasteiger partial charge in [0.2, 0.25) is 0 Å². The topological polar surface area (TPSA) is 21.3 Å². The van der Waals surface area contributed by atoms with Crippen molar-refractivity contribution in [3.8, 4) is 0 Å². The van der Waals surface area contributed by atoms with Crippen LogP contribution in [0, 0.1) is 0 Å². The Kier molecular flexibility index (Phi) is 8.79. The largest absolute Gasteiger partial charge is 0.383 e. The molecular weight excluding hydrogens is 298 g/mol. The van der Waals surface area contributed by atoms with Crippen molar-refractivity contribution in [2.24, 2.45) is 0 Å². The second kappa shape index (κ2) is 9.95. The van der Waals surface area contributed by atoms with E-state index in [9.17, 15) is 0 Å². The van der Waals surface area contributed by atoms with Crippen LogP contribution in [0.5, 0.6) is 0 Å². The van der Waals surface area contributed by atoms with Gasteiger partial charge in [0.1, 0.15) is 0 Å². The predicted molar refractivity (Wildman–Crippen MR) is 78.8 cm³/mol. The molecule has 0 spiro atoms. The van der Waals surface area contributed by atoms with Crippen LogP contribution in [0.25, 0.3) is 0 Å². The third-order valence-electron chi connectivity index (χ3n) is 2.33. The van der Waals surface area contributed by atoms with Crippen LogP contribution >= 0.6 is 27.7 Å². The van der Waals surface area contributed by atoms with Crippen molar-refractivity contribution >= 4 is 27.7 Å². The monoisotopic (exact) mass is 317 g/mol. The number of unbranched alkanes of at least 4 members (excludes halogenated alkanes) is 1. The molecule has 0 radical (unpaired) electrons. The van der Waals surface area contributed by atoms with Gasteiger partial charge in [-0.2, -0.15) is 0 Å². The van der Waals surface area contributed by atoms with Gasteiger partial charge in [-0.3, -0.25) is 0 Å². The summed E-state index contributed by atoms with van der Waals surface area (Å²) in [4.78, 5) is 1.33. The average molecular weight is 318 g/mol. The molecule has 0 atom stereocenters. The fourth-order valence-corrected chi connectivity index (χ4v) is 2.97. The highest BCUT2D eigenvalue weighted by Crippen LogP contribution is 2.27. The van der Waals surface area contributed by atoms with Crippen molar-refractivity contribution in [2.75, 3.05) is 32.6 Å². The molecule has 0 unspecified atom stereocenters. The molecule has 0 heterocycles. The van der Waals surface area contributed by atoms with E-state index in [0.29, 0.717) is 0 Å². The van der Waals surface area contributed by atoms with Crippen molar-refractivity contribution in [2.45, 2.75) is 17.7 Å². The van der Waals surface area contributed by atoms with Crippen molar-refractivity contribution in [3.63, 3.8) is 0 Å². The van der Waals surface area contributed by atoms with Gasteiger partial charge in [0.15, 0.2) is 0 Å². The maximum absolute atomic E-state index is 4.97. The third kappa shape index (κ3) is 7.09. The highest BCUT2D eigenvalue weighted by Gasteiger charge is 1.98. The van der Waals surface area contributed by atoms with Gasteiger partial charge >= 0.3 is 0 Å². The SMILES string of the molecule is COCCNCCCCSc1ccccc1Br. The highest BCUT2D eigenvalue weighted by atomic mass is 79.9. The van der Waals surface area contributed by atoms with Crippen LogP contribution in [-0.2, 0) is 4.74 Å². The fraction of sp³-hybridized carbons (Fsp3) is 0.538. The Bertz CT molecular complexity index is 309. The molecule has 0 bridgehead atoms. The number of thioether (sulfide) groups is 1. The summed E-state index contributed by atoms with van der Waals surface area (Å²) in [6, 6.07) is 8.38. The van der Waals surface area contributed by atoms with Crippen LogP contribution in [-0.4, -0.2) is 32.6 Å². The molecule has 1 N–H and O–H groups in total. The van der Waals surface area contributed by atoms with Gasteiger partial charge in [-0.05, 0) is 53.2 Å². The summed E-state index contributed by atoms with van der Waals surface area (Å²) in [6.07, 6.45) is 2.47. The van der Waals surface area contributed by atoms with Gasteiger partial charge < -0.3 is 10.1 Å².